The molecule has 1 aromatic carbocycles. The molecule has 0 aliphatic carbocycles. The first-order chi connectivity index (χ1) is 9.78. The highest BCUT2D eigenvalue weighted by Gasteiger charge is 2.10. The molecule has 100 valence electrons. The van der Waals surface area contributed by atoms with Crippen LogP contribution in [0.5, 0.6) is 5.75 Å². The van der Waals surface area contributed by atoms with E-state index in [0.29, 0.717) is 22.3 Å². The zero-order valence-corrected chi connectivity index (χ0v) is 11.2. The zero-order chi connectivity index (χ0) is 13.9. The van der Waals surface area contributed by atoms with Crippen LogP contribution in [0.2, 0.25) is 5.02 Å². The van der Waals surface area contributed by atoms with Crippen molar-refractivity contribution in [3.8, 4) is 5.75 Å². The van der Waals surface area contributed by atoms with Crippen molar-refractivity contribution in [2.24, 2.45) is 0 Å². The van der Waals surface area contributed by atoms with E-state index >= 15 is 0 Å². The number of aromatic nitrogens is 2. The number of hydrogen-bond acceptors (Lipinski definition) is 3. The number of pyridine rings is 1. The summed E-state index contributed by atoms with van der Waals surface area (Å²) in [5.74, 6) is 1.38. The number of halogens is 1. The average Bonchev–Trinajstić information content (AvgIpc) is 2.85. The Kier molecular flexibility index (Phi) is 3.39. The van der Waals surface area contributed by atoms with E-state index in [4.69, 9.17) is 16.3 Å². The molecule has 0 aliphatic heterocycles. The summed E-state index contributed by atoms with van der Waals surface area (Å²) >= 11 is 5.82. The molecule has 2 heterocycles. The van der Waals surface area contributed by atoms with Gasteiger partial charge in [0.25, 0.3) is 0 Å². The lowest BCUT2D eigenvalue weighted by atomic mass is 10.3. The Bertz CT molecular complexity index is 750. The zero-order valence-electron chi connectivity index (χ0n) is 10.5. The molecule has 0 saturated carbocycles. The van der Waals surface area contributed by atoms with E-state index in [0.717, 1.165) is 11.8 Å². The second-order valence-electron chi connectivity index (χ2n) is 4.23. The molecule has 0 saturated heterocycles. The van der Waals surface area contributed by atoms with Crippen molar-refractivity contribution in [3.05, 3.63) is 65.2 Å². The maximum Gasteiger partial charge on any atom is 0.170 e. The minimum Gasteiger partial charge on any atom is -0.486 e. The van der Waals surface area contributed by atoms with Gasteiger partial charge in [-0.05, 0) is 36.4 Å². The van der Waals surface area contributed by atoms with Crippen LogP contribution >= 0.6 is 11.6 Å². The van der Waals surface area contributed by atoms with Gasteiger partial charge in [-0.25, -0.2) is 4.98 Å². The second kappa shape index (κ2) is 5.35. The summed E-state index contributed by atoms with van der Waals surface area (Å²) in [5, 5.41) is 0.659. The lowest BCUT2D eigenvalue weighted by molar-refractivity contribution is 0.112. The Balaban J connectivity index is 1.87. The van der Waals surface area contributed by atoms with Gasteiger partial charge in [-0.15, -0.1) is 0 Å². The van der Waals surface area contributed by atoms with Gasteiger partial charge in [-0.1, -0.05) is 17.7 Å². The lowest BCUT2D eigenvalue weighted by Gasteiger charge is -2.05. The Labute approximate surface area is 120 Å². The summed E-state index contributed by atoms with van der Waals surface area (Å²) in [6.07, 6.45) is 2.61. The van der Waals surface area contributed by atoms with Gasteiger partial charge < -0.3 is 9.14 Å². The van der Waals surface area contributed by atoms with E-state index in [1.54, 1.807) is 24.3 Å². The molecule has 0 radical (unpaired) electrons. The minimum atomic E-state index is 0.278. The average molecular weight is 287 g/mol. The highest BCUT2D eigenvalue weighted by atomic mass is 35.5. The van der Waals surface area contributed by atoms with Gasteiger partial charge in [0.05, 0.1) is 5.52 Å². The minimum absolute atomic E-state index is 0.278. The van der Waals surface area contributed by atoms with Crippen molar-refractivity contribution < 1.29 is 9.53 Å². The summed E-state index contributed by atoms with van der Waals surface area (Å²) in [7, 11) is 0. The van der Waals surface area contributed by atoms with E-state index in [1.807, 2.05) is 28.8 Å². The molecule has 0 unspecified atom stereocenters. The number of carbonyl (C=O) groups excluding carboxylic acids is 1. The topological polar surface area (TPSA) is 43.6 Å². The molecule has 2 aromatic heterocycles. The van der Waals surface area contributed by atoms with Crippen LogP contribution in [0, 0.1) is 0 Å². The fraction of sp³-hybridized carbons (Fsp3) is 0.0667. The van der Waals surface area contributed by atoms with Gasteiger partial charge in [0.15, 0.2) is 12.1 Å². The van der Waals surface area contributed by atoms with Crippen LogP contribution in [-0.2, 0) is 6.61 Å². The molecule has 0 atom stereocenters. The highest BCUT2D eigenvalue weighted by molar-refractivity contribution is 6.30. The molecule has 0 bridgehead atoms. The quantitative estimate of drug-likeness (QED) is 0.691. The predicted octanol–water partition coefficient (Wildman–Crippen LogP) is 3.38. The Morgan fingerprint density at radius 2 is 2.00 bits per heavy atom. The molecule has 3 rings (SSSR count). The summed E-state index contributed by atoms with van der Waals surface area (Å²) in [5.41, 5.74) is 1.19. The van der Waals surface area contributed by atoms with Crippen molar-refractivity contribution >= 4 is 23.4 Å². The van der Waals surface area contributed by atoms with Crippen molar-refractivity contribution in [3.63, 3.8) is 0 Å². The molecular weight excluding hydrogens is 276 g/mol. The second-order valence-corrected chi connectivity index (χ2v) is 4.67. The third-order valence-electron chi connectivity index (χ3n) is 2.94. The molecule has 4 nitrogen and oxygen atoms in total. The smallest absolute Gasteiger partial charge is 0.170 e. The molecule has 5 heteroatoms. The van der Waals surface area contributed by atoms with Crippen LogP contribution < -0.4 is 4.74 Å². The van der Waals surface area contributed by atoms with Crippen LogP contribution in [-0.4, -0.2) is 15.7 Å². The number of imidazole rings is 1. The number of ether oxygens (including phenoxy) is 1. The van der Waals surface area contributed by atoms with Gasteiger partial charge in [-0.3, -0.25) is 4.79 Å². The maximum absolute atomic E-state index is 11.0. The van der Waals surface area contributed by atoms with Crippen molar-refractivity contribution in [2.45, 2.75) is 6.61 Å². The van der Waals surface area contributed by atoms with Crippen LogP contribution in [0.15, 0.2) is 48.7 Å². The van der Waals surface area contributed by atoms with Crippen molar-refractivity contribution in [1.82, 2.24) is 9.38 Å². The van der Waals surface area contributed by atoms with E-state index in [9.17, 15) is 4.79 Å². The number of rotatable bonds is 4. The standard InChI is InChI=1S/C15H11ClN2O2/c16-11-4-6-12(7-5-11)20-10-15-17-13(9-19)14-3-1-2-8-18(14)15/h1-9H,10H2. The highest BCUT2D eigenvalue weighted by Crippen LogP contribution is 2.18. The molecule has 0 aliphatic rings. The number of carbonyl (C=O) groups is 1. The van der Waals surface area contributed by atoms with E-state index in [2.05, 4.69) is 4.98 Å². The van der Waals surface area contributed by atoms with Crippen molar-refractivity contribution in [1.29, 1.82) is 0 Å². The summed E-state index contributed by atoms with van der Waals surface area (Å²) in [6.45, 7) is 0.278. The van der Waals surface area contributed by atoms with Gasteiger partial charge in [0, 0.05) is 11.2 Å². The first-order valence-corrected chi connectivity index (χ1v) is 6.45. The van der Waals surface area contributed by atoms with Crippen LogP contribution in [0.4, 0.5) is 0 Å². The summed E-state index contributed by atoms with van der Waals surface area (Å²) < 4.78 is 7.50. The SMILES string of the molecule is O=Cc1nc(COc2ccc(Cl)cc2)n2ccccc12. The number of benzene rings is 1. The molecule has 20 heavy (non-hydrogen) atoms. The van der Waals surface area contributed by atoms with Gasteiger partial charge in [-0.2, -0.15) is 0 Å². The van der Waals surface area contributed by atoms with Gasteiger partial charge >= 0.3 is 0 Å². The molecule has 3 aromatic rings. The number of hydrogen-bond donors (Lipinski definition) is 0. The lowest BCUT2D eigenvalue weighted by Crippen LogP contribution is -2.01. The fourth-order valence-electron chi connectivity index (χ4n) is 1.99. The third-order valence-corrected chi connectivity index (χ3v) is 3.20. The van der Waals surface area contributed by atoms with E-state index < -0.39 is 0 Å². The van der Waals surface area contributed by atoms with Crippen LogP contribution in [0.3, 0.4) is 0 Å². The third kappa shape index (κ3) is 2.38. The normalized spacial score (nSPS) is 10.7. The molecule has 0 amide bonds. The molecule has 0 N–H and O–H groups in total. The Hall–Kier alpha value is -2.33. The predicted molar refractivity (Wildman–Crippen MR) is 76.4 cm³/mol. The van der Waals surface area contributed by atoms with Gasteiger partial charge in [0.1, 0.15) is 18.1 Å². The monoisotopic (exact) mass is 286 g/mol. The summed E-state index contributed by atoms with van der Waals surface area (Å²) in [4.78, 5) is 15.3. The molecule has 0 fully saturated rings. The van der Waals surface area contributed by atoms with Gasteiger partial charge in [0.2, 0.25) is 0 Å². The maximum atomic E-state index is 11.0. The van der Waals surface area contributed by atoms with E-state index in [-0.39, 0.29) is 6.61 Å². The fourth-order valence-corrected chi connectivity index (χ4v) is 2.12. The van der Waals surface area contributed by atoms with Crippen LogP contribution in [0.25, 0.3) is 5.52 Å². The molecular formula is C15H11ClN2O2. The summed E-state index contributed by atoms with van der Waals surface area (Å²) in [6, 6.07) is 12.7. The van der Waals surface area contributed by atoms with Crippen LogP contribution in [0.1, 0.15) is 16.3 Å². The largest absolute Gasteiger partial charge is 0.486 e. The van der Waals surface area contributed by atoms with E-state index in [1.165, 1.54) is 0 Å². The molecule has 0 spiro atoms. The first kappa shape index (κ1) is 12.7. The number of aldehydes is 1. The number of fused-ring (bicyclic) bond motifs is 1. The number of nitrogens with zero attached hydrogens (tertiary/aromatic N) is 2. The Morgan fingerprint density at radius 3 is 2.75 bits per heavy atom. The van der Waals surface area contributed by atoms with Crippen molar-refractivity contribution in [2.75, 3.05) is 0 Å². The Morgan fingerprint density at radius 1 is 1.20 bits per heavy atom. The first-order valence-electron chi connectivity index (χ1n) is 6.07.